The van der Waals surface area contributed by atoms with Crippen LogP contribution in [0.25, 0.3) is 0 Å². The first-order valence-electron chi connectivity index (χ1n) is 8.23. The molecule has 5 heteroatoms. The van der Waals surface area contributed by atoms with Crippen molar-refractivity contribution in [1.29, 1.82) is 0 Å². The highest BCUT2D eigenvalue weighted by molar-refractivity contribution is 6.32. The van der Waals surface area contributed by atoms with Crippen molar-refractivity contribution in [2.24, 2.45) is 0 Å². The summed E-state index contributed by atoms with van der Waals surface area (Å²) in [6, 6.07) is 21.6. The summed E-state index contributed by atoms with van der Waals surface area (Å²) >= 11 is 6.16. The minimum absolute atomic E-state index is 0.279. The van der Waals surface area contributed by atoms with Crippen LogP contribution in [0.15, 0.2) is 72.8 Å². The minimum Gasteiger partial charge on any atom is -0.492 e. The van der Waals surface area contributed by atoms with E-state index in [1.54, 1.807) is 30.3 Å². The number of nitrogens with one attached hydrogen (secondary N) is 1. The molecule has 1 amide bonds. The van der Waals surface area contributed by atoms with Crippen molar-refractivity contribution < 1.29 is 14.3 Å². The topological polar surface area (TPSA) is 47.6 Å². The van der Waals surface area contributed by atoms with Gasteiger partial charge in [0.2, 0.25) is 0 Å². The molecule has 0 spiro atoms. The lowest BCUT2D eigenvalue weighted by molar-refractivity contribution is 0.102. The molecule has 132 valence electrons. The Morgan fingerprint density at radius 2 is 1.69 bits per heavy atom. The van der Waals surface area contributed by atoms with Gasteiger partial charge in [0.25, 0.3) is 5.91 Å². The predicted molar refractivity (Wildman–Crippen MR) is 104 cm³/mol. The molecule has 0 atom stereocenters. The monoisotopic (exact) mass is 367 g/mol. The summed E-state index contributed by atoms with van der Waals surface area (Å²) in [4.78, 5) is 12.6. The molecule has 1 N–H and O–H groups in total. The van der Waals surface area contributed by atoms with Crippen LogP contribution in [0.5, 0.6) is 17.2 Å². The molecule has 0 aromatic heterocycles. The quantitative estimate of drug-likeness (QED) is 0.600. The largest absolute Gasteiger partial charge is 0.492 e. The van der Waals surface area contributed by atoms with Crippen LogP contribution >= 0.6 is 11.6 Å². The molecular weight excluding hydrogens is 350 g/mol. The van der Waals surface area contributed by atoms with Gasteiger partial charge in [-0.2, -0.15) is 0 Å². The Morgan fingerprint density at radius 1 is 0.962 bits per heavy atom. The minimum atomic E-state index is -0.279. The third-order valence-corrected chi connectivity index (χ3v) is 3.90. The van der Waals surface area contributed by atoms with Crippen molar-refractivity contribution in [3.8, 4) is 17.2 Å². The highest BCUT2D eigenvalue weighted by atomic mass is 35.5. The second-order valence-corrected chi connectivity index (χ2v) is 5.85. The van der Waals surface area contributed by atoms with Gasteiger partial charge in [-0.3, -0.25) is 4.79 Å². The van der Waals surface area contributed by atoms with Crippen LogP contribution < -0.4 is 14.8 Å². The third-order valence-electron chi connectivity index (χ3n) is 3.60. The number of benzene rings is 3. The average Bonchev–Trinajstić information content (AvgIpc) is 2.66. The van der Waals surface area contributed by atoms with Gasteiger partial charge in [-0.15, -0.1) is 0 Å². The standard InChI is InChI=1S/C21H18ClNO3/c1-2-25-19-13-12-15(14-17(19)22)21(24)23-18-10-6-7-11-20(18)26-16-8-4-3-5-9-16/h3-14H,2H2,1H3,(H,23,24). The van der Waals surface area contributed by atoms with Crippen molar-refractivity contribution in [1.82, 2.24) is 0 Å². The number of amides is 1. The van der Waals surface area contributed by atoms with E-state index in [1.807, 2.05) is 49.4 Å². The molecule has 0 aliphatic heterocycles. The van der Waals surface area contributed by atoms with Gasteiger partial charge < -0.3 is 14.8 Å². The first kappa shape index (κ1) is 17.8. The molecule has 0 aliphatic rings. The molecule has 0 aliphatic carbocycles. The number of hydrogen-bond donors (Lipinski definition) is 1. The molecule has 0 fully saturated rings. The highest BCUT2D eigenvalue weighted by Gasteiger charge is 2.12. The number of carbonyl (C=O) groups excluding carboxylic acids is 1. The molecule has 26 heavy (non-hydrogen) atoms. The number of halogens is 1. The number of hydrogen-bond acceptors (Lipinski definition) is 3. The lowest BCUT2D eigenvalue weighted by atomic mass is 10.2. The lowest BCUT2D eigenvalue weighted by Gasteiger charge is -2.13. The van der Waals surface area contributed by atoms with Gasteiger partial charge >= 0.3 is 0 Å². The van der Waals surface area contributed by atoms with Crippen LogP contribution in [0.1, 0.15) is 17.3 Å². The molecular formula is C21H18ClNO3. The Balaban J connectivity index is 1.78. The molecule has 3 rings (SSSR count). The molecule has 3 aromatic rings. The maximum absolute atomic E-state index is 12.6. The molecule has 3 aromatic carbocycles. The van der Waals surface area contributed by atoms with E-state index in [2.05, 4.69) is 5.32 Å². The fourth-order valence-electron chi connectivity index (χ4n) is 2.38. The summed E-state index contributed by atoms with van der Waals surface area (Å²) in [5.74, 6) is 1.53. The van der Waals surface area contributed by atoms with E-state index in [4.69, 9.17) is 21.1 Å². The number of rotatable bonds is 6. The van der Waals surface area contributed by atoms with Gasteiger partial charge in [0.1, 0.15) is 11.5 Å². The fourth-order valence-corrected chi connectivity index (χ4v) is 2.62. The predicted octanol–water partition coefficient (Wildman–Crippen LogP) is 5.78. The summed E-state index contributed by atoms with van der Waals surface area (Å²) in [6.45, 7) is 2.38. The van der Waals surface area contributed by atoms with Gasteiger partial charge in [0.05, 0.1) is 17.3 Å². The van der Waals surface area contributed by atoms with Crippen LogP contribution in [0.2, 0.25) is 5.02 Å². The smallest absolute Gasteiger partial charge is 0.255 e. The molecule has 0 saturated carbocycles. The van der Waals surface area contributed by atoms with Gasteiger partial charge in [-0.1, -0.05) is 41.9 Å². The first-order chi connectivity index (χ1) is 12.7. The normalized spacial score (nSPS) is 10.2. The third kappa shape index (κ3) is 4.35. The SMILES string of the molecule is CCOc1ccc(C(=O)Nc2ccccc2Oc2ccccc2)cc1Cl. The molecule has 4 nitrogen and oxygen atoms in total. The van der Waals surface area contributed by atoms with Gasteiger partial charge in [0, 0.05) is 5.56 Å². The Kier molecular flexibility index (Phi) is 5.77. The van der Waals surface area contributed by atoms with Crippen LogP contribution in [0.3, 0.4) is 0 Å². The Morgan fingerprint density at radius 3 is 2.42 bits per heavy atom. The Hall–Kier alpha value is -2.98. The van der Waals surface area contributed by atoms with E-state index in [-0.39, 0.29) is 5.91 Å². The van der Waals surface area contributed by atoms with Gasteiger partial charge in [-0.25, -0.2) is 0 Å². The first-order valence-corrected chi connectivity index (χ1v) is 8.61. The van der Waals surface area contributed by atoms with Crippen molar-refractivity contribution in [2.45, 2.75) is 6.92 Å². The maximum atomic E-state index is 12.6. The van der Waals surface area contributed by atoms with Crippen molar-refractivity contribution in [3.63, 3.8) is 0 Å². The summed E-state index contributed by atoms with van der Waals surface area (Å²) in [5.41, 5.74) is 1.01. The second kappa shape index (κ2) is 8.41. The second-order valence-electron chi connectivity index (χ2n) is 5.44. The van der Waals surface area contributed by atoms with Crippen LogP contribution in [-0.4, -0.2) is 12.5 Å². The number of para-hydroxylation sites is 3. The van der Waals surface area contributed by atoms with Crippen molar-refractivity contribution in [3.05, 3.63) is 83.4 Å². The fraction of sp³-hybridized carbons (Fsp3) is 0.0952. The van der Waals surface area contributed by atoms with E-state index in [1.165, 1.54) is 0 Å². The Bertz CT molecular complexity index is 897. The van der Waals surface area contributed by atoms with E-state index < -0.39 is 0 Å². The molecule has 0 unspecified atom stereocenters. The molecule has 0 heterocycles. The van der Waals surface area contributed by atoms with E-state index in [0.717, 1.165) is 0 Å². The number of carbonyl (C=O) groups is 1. The van der Waals surface area contributed by atoms with Crippen LogP contribution in [-0.2, 0) is 0 Å². The maximum Gasteiger partial charge on any atom is 0.255 e. The number of ether oxygens (including phenoxy) is 2. The Labute approximate surface area is 157 Å². The summed E-state index contributed by atoms with van der Waals surface area (Å²) in [6.07, 6.45) is 0. The van der Waals surface area contributed by atoms with Gasteiger partial charge in [0.15, 0.2) is 5.75 Å². The zero-order valence-corrected chi connectivity index (χ0v) is 15.0. The van der Waals surface area contributed by atoms with Gasteiger partial charge in [-0.05, 0) is 49.4 Å². The summed E-state index contributed by atoms with van der Waals surface area (Å²) in [5, 5.41) is 3.26. The summed E-state index contributed by atoms with van der Waals surface area (Å²) < 4.78 is 11.3. The average molecular weight is 368 g/mol. The highest BCUT2D eigenvalue weighted by Crippen LogP contribution is 2.30. The summed E-state index contributed by atoms with van der Waals surface area (Å²) in [7, 11) is 0. The molecule has 0 saturated heterocycles. The molecule has 0 radical (unpaired) electrons. The van der Waals surface area contributed by atoms with Crippen LogP contribution in [0, 0.1) is 0 Å². The zero-order chi connectivity index (χ0) is 18.4. The lowest BCUT2D eigenvalue weighted by Crippen LogP contribution is -2.12. The number of anilines is 1. The molecule has 0 bridgehead atoms. The zero-order valence-electron chi connectivity index (χ0n) is 14.2. The van der Waals surface area contributed by atoms with Crippen LogP contribution in [0.4, 0.5) is 5.69 Å². The van der Waals surface area contributed by atoms with E-state index in [9.17, 15) is 4.79 Å². The van der Waals surface area contributed by atoms with Crippen molar-refractivity contribution >= 4 is 23.2 Å². The van der Waals surface area contributed by atoms with E-state index in [0.29, 0.717) is 40.1 Å². The van der Waals surface area contributed by atoms with E-state index >= 15 is 0 Å². The van der Waals surface area contributed by atoms with Crippen molar-refractivity contribution in [2.75, 3.05) is 11.9 Å².